The van der Waals surface area contributed by atoms with Gasteiger partial charge >= 0.3 is 0 Å². The van der Waals surface area contributed by atoms with E-state index in [0.29, 0.717) is 11.0 Å². The van der Waals surface area contributed by atoms with Crippen molar-refractivity contribution in [3.05, 3.63) is 0 Å². The molecule has 1 aliphatic carbocycles. The topological polar surface area (TPSA) is 29.3 Å². The van der Waals surface area contributed by atoms with Gasteiger partial charge in [-0.3, -0.25) is 4.90 Å². The fraction of sp³-hybridized carbons (Fsp3) is 1.00. The lowest BCUT2D eigenvalue weighted by Gasteiger charge is -2.54. The molecular weight excluding hydrogens is 232 g/mol. The number of nitrogens with zero attached hydrogens (tertiary/aromatic N) is 1. The molecule has 1 saturated carbocycles. The number of nitrogens with two attached hydrogens (primary N) is 1. The molecule has 0 amide bonds. The molecular formula is C17H34N2. The minimum Gasteiger partial charge on any atom is -0.329 e. The molecule has 2 fully saturated rings. The van der Waals surface area contributed by atoms with Crippen LogP contribution in [0.3, 0.4) is 0 Å². The van der Waals surface area contributed by atoms with Crippen LogP contribution in [0.4, 0.5) is 0 Å². The lowest BCUT2D eigenvalue weighted by Crippen LogP contribution is -2.60. The van der Waals surface area contributed by atoms with Crippen LogP contribution in [0.5, 0.6) is 0 Å². The molecule has 2 aliphatic rings. The molecule has 0 aromatic heterocycles. The number of piperidine rings is 1. The molecule has 1 heterocycles. The van der Waals surface area contributed by atoms with Gasteiger partial charge in [0.2, 0.25) is 0 Å². The van der Waals surface area contributed by atoms with E-state index in [0.717, 1.165) is 18.4 Å². The molecule has 1 aliphatic heterocycles. The van der Waals surface area contributed by atoms with Gasteiger partial charge in [-0.05, 0) is 62.4 Å². The van der Waals surface area contributed by atoms with Crippen molar-refractivity contribution >= 4 is 0 Å². The monoisotopic (exact) mass is 266 g/mol. The van der Waals surface area contributed by atoms with Crippen molar-refractivity contribution < 1.29 is 0 Å². The lowest BCUT2D eigenvalue weighted by atomic mass is 9.63. The van der Waals surface area contributed by atoms with Crippen LogP contribution >= 0.6 is 0 Å². The first kappa shape index (κ1) is 15.3. The van der Waals surface area contributed by atoms with Gasteiger partial charge < -0.3 is 5.73 Å². The second-order valence-corrected chi connectivity index (χ2v) is 8.12. The molecule has 0 aromatic carbocycles. The van der Waals surface area contributed by atoms with Crippen LogP contribution in [0.1, 0.15) is 66.2 Å². The van der Waals surface area contributed by atoms with Crippen molar-refractivity contribution in [2.45, 2.75) is 71.8 Å². The minimum absolute atomic E-state index is 0.292. The molecule has 2 unspecified atom stereocenters. The van der Waals surface area contributed by atoms with Gasteiger partial charge in [0.1, 0.15) is 0 Å². The third-order valence-electron chi connectivity index (χ3n) is 5.68. The van der Waals surface area contributed by atoms with E-state index in [2.05, 4.69) is 32.6 Å². The summed E-state index contributed by atoms with van der Waals surface area (Å²) in [5.74, 6) is 1.77. The van der Waals surface area contributed by atoms with Gasteiger partial charge in [0, 0.05) is 12.1 Å². The van der Waals surface area contributed by atoms with Crippen LogP contribution in [-0.2, 0) is 0 Å². The molecule has 2 rings (SSSR count). The Morgan fingerprint density at radius 2 is 1.79 bits per heavy atom. The van der Waals surface area contributed by atoms with Gasteiger partial charge in [0.05, 0.1) is 0 Å². The zero-order chi connectivity index (χ0) is 14.1. The molecule has 0 radical (unpaired) electrons. The standard InChI is InChI=1S/C17H34N2/c1-5-15-6-8-19(9-7-15)17(13-18)11-14(2)10-16(3,4)12-17/h14-15H,5-13,18H2,1-4H3. The lowest BCUT2D eigenvalue weighted by molar-refractivity contribution is -0.0288. The highest BCUT2D eigenvalue weighted by Gasteiger charge is 2.46. The molecule has 2 heteroatoms. The third kappa shape index (κ3) is 3.33. The number of hydrogen-bond acceptors (Lipinski definition) is 2. The molecule has 112 valence electrons. The SMILES string of the molecule is CCC1CCN(C2(CN)CC(C)CC(C)(C)C2)CC1. The molecule has 0 aromatic rings. The molecule has 19 heavy (non-hydrogen) atoms. The van der Waals surface area contributed by atoms with Crippen LogP contribution < -0.4 is 5.73 Å². The number of rotatable bonds is 3. The van der Waals surface area contributed by atoms with Crippen molar-refractivity contribution in [2.24, 2.45) is 23.0 Å². The third-order valence-corrected chi connectivity index (χ3v) is 5.68. The number of hydrogen-bond donors (Lipinski definition) is 1. The van der Waals surface area contributed by atoms with E-state index in [1.807, 2.05) is 0 Å². The van der Waals surface area contributed by atoms with Crippen molar-refractivity contribution in [2.75, 3.05) is 19.6 Å². The Kier molecular flexibility index (Phi) is 4.62. The van der Waals surface area contributed by atoms with E-state index in [1.165, 1.54) is 51.6 Å². The molecule has 0 bridgehead atoms. The minimum atomic E-state index is 0.292. The Balaban J connectivity index is 2.09. The summed E-state index contributed by atoms with van der Waals surface area (Å²) in [6.07, 6.45) is 8.08. The summed E-state index contributed by atoms with van der Waals surface area (Å²) in [7, 11) is 0. The first-order valence-corrected chi connectivity index (χ1v) is 8.36. The predicted octanol–water partition coefficient (Wildman–Crippen LogP) is 3.65. The van der Waals surface area contributed by atoms with Crippen LogP contribution in [0.25, 0.3) is 0 Å². The summed E-state index contributed by atoms with van der Waals surface area (Å²) in [4.78, 5) is 2.76. The highest BCUT2D eigenvalue weighted by atomic mass is 15.2. The Bertz CT molecular complexity index is 292. The van der Waals surface area contributed by atoms with E-state index >= 15 is 0 Å². The summed E-state index contributed by atoms with van der Waals surface area (Å²) in [5, 5.41) is 0. The quantitative estimate of drug-likeness (QED) is 0.845. The van der Waals surface area contributed by atoms with Crippen molar-refractivity contribution in [3.8, 4) is 0 Å². The second kappa shape index (κ2) is 5.73. The zero-order valence-electron chi connectivity index (χ0n) is 13.5. The molecule has 1 saturated heterocycles. The largest absolute Gasteiger partial charge is 0.329 e. The normalized spacial score (nSPS) is 37.4. The fourth-order valence-corrected chi connectivity index (χ4v) is 5.04. The Morgan fingerprint density at radius 3 is 2.26 bits per heavy atom. The van der Waals surface area contributed by atoms with Crippen molar-refractivity contribution in [1.82, 2.24) is 4.90 Å². The van der Waals surface area contributed by atoms with Gasteiger partial charge in [0.25, 0.3) is 0 Å². The van der Waals surface area contributed by atoms with Gasteiger partial charge in [-0.15, -0.1) is 0 Å². The molecule has 2 N–H and O–H groups in total. The first-order valence-electron chi connectivity index (χ1n) is 8.36. The van der Waals surface area contributed by atoms with Gasteiger partial charge in [0.15, 0.2) is 0 Å². The van der Waals surface area contributed by atoms with Crippen LogP contribution in [0, 0.1) is 17.3 Å². The van der Waals surface area contributed by atoms with Crippen molar-refractivity contribution in [1.29, 1.82) is 0 Å². The van der Waals surface area contributed by atoms with Crippen LogP contribution in [0.2, 0.25) is 0 Å². The Labute approximate surface area is 120 Å². The van der Waals surface area contributed by atoms with E-state index in [9.17, 15) is 0 Å². The highest BCUT2D eigenvalue weighted by molar-refractivity contribution is 5.02. The van der Waals surface area contributed by atoms with E-state index in [1.54, 1.807) is 0 Å². The van der Waals surface area contributed by atoms with E-state index in [4.69, 9.17) is 5.73 Å². The second-order valence-electron chi connectivity index (χ2n) is 8.12. The van der Waals surface area contributed by atoms with Gasteiger partial charge in [-0.2, -0.15) is 0 Å². The summed E-state index contributed by atoms with van der Waals surface area (Å²) >= 11 is 0. The molecule has 2 nitrogen and oxygen atoms in total. The van der Waals surface area contributed by atoms with Crippen molar-refractivity contribution in [3.63, 3.8) is 0 Å². The van der Waals surface area contributed by atoms with Gasteiger partial charge in [-0.25, -0.2) is 0 Å². The Hall–Kier alpha value is -0.0800. The van der Waals surface area contributed by atoms with Crippen LogP contribution in [0.15, 0.2) is 0 Å². The average Bonchev–Trinajstić information content (AvgIpc) is 2.36. The predicted molar refractivity (Wildman–Crippen MR) is 83.2 cm³/mol. The summed E-state index contributed by atoms with van der Waals surface area (Å²) in [5.41, 5.74) is 7.03. The maximum Gasteiger partial charge on any atom is 0.0339 e. The van der Waals surface area contributed by atoms with E-state index in [-0.39, 0.29) is 0 Å². The maximum atomic E-state index is 6.28. The summed E-state index contributed by atoms with van der Waals surface area (Å²) in [6, 6.07) is 0. The fourth-order valence-electron chi connectivity index (χ4n) is 5.04. The number of likely N-dealkylation sites (tertiary alicyclic amines) is 1. The molecule has 2 atom stereocenters. The summed E-state index contributed by atoms with van der Waals surface area (Å²) < 4.78 is 0. The smallest absolute Gasteiger partial charge is 0.0339 e. The first-order chi connectivity index (χ1) is 8.91. The summed E-state index contributed by atoms with van der Waals surface area (Å²) in [6.45, 7) is 13.0. The van der Waals surface area contributed by atoms with Crippen LogP contribution in [-0.4, -0.2) is 30.1 Å². The Morgan fingerprint density at radius 1 is 1.16 bits per heavy atom. The highest BCUT2D eigenvalue weighted by Crippen LogP contribution is 2.47. The average molecular weight is 266 g/mol. The van der Waals surface area contributed by atoms with Gasteiger partial charge in [-0.1, -0.05) is 34.1 Å². The maximum absolute atomic E-state index is 6.28. The molecule has 0 spiro atoms. The zero-order valence-corrected chi connectivity index (χ0v) is 13.5. The van der Waals surface area contributed by atoms with E-state index < -0.39 is 0 Å².